The molecule has 3 nitrogen and oxygen atoms in total. The lowest BCUT2D eigenvalue weighted by molar-refractivity contribution is 0.995. The predicted octanol–water partition coefficient (Wildman–Crippen LogP) is 15.9. The fourth-order valence-electron chi connectivity index (χ4n) is 8.91. The summed E-state index contributed by atoms with van der Waals surface area (Å²) < 4.78 is 4.87. The van der Waals surface area contributed by atoms with E-state index in [1.165, 1.54) is 59.1 Å². The molecular weight excluding hydrogens is 771 g/mol. The Balaban J connectivity index is 0.980. The van der Waals surface area contributed by atoms with E-state index < -0.39 is 0 Å². The van der Waals surface area contributed by atoms with E-state index in [-0.39, 0.29) is 0 Å². The maximum atomic E-state index is 5.35. The lowest BCUT2D eigenvalue weighted by atomic mass is 9.97. The standard InChI is InChI=1S/C58H37N3S/c1-3-12-38(13-4-1)40-22-26-42(27-23-40)52-37-53(43-28-24-41(25-29-43)39-14-5-2-6-15-39)60-58(59-52)61-54-20-9-7-18-48(54)50-35-46(30-32-55(50)61)44-16-11-17-45(34-44)47-31-33-57-51(36-47)49-19-8-10-21-56(49)62-57/h1-37H. The molecule has 9 aromatic carbocycles. The Kier molecular flexibility index (Phi) is 8.68. The molecule has 12 rings (SSSR count). The Morgan fingerprint density at radius 2 is 0.710 bits per heavy atom. The molecule has 0 unspecified atom stereocenters. The molecule has 3 heterocycles. The zero-order valence-corrected chi connectivity index (χ0v) is 34.4. The second-order valence-electron chi connectivity index (χ2n) is 15.8. The Hall–Kier alpha value is -7.92. The van der Waals surface area contributed by atoms with E-state index in [1.807, 2.05) is 11.3 Å². The average molecular weight is 808 g/mol. The molecule has 62 heavy (non-hydrogen) atoms. The van der Waals surface area contributed by atoms with Gasteiger partial charge < -0.3 is 0 Å². The molecule has 0 fully saturated rings. The minimum atomic E-state index is 0.633. The van der Waals surface area contributed by atoms with E-state index in [2.05, 4.69) is 229 Å². The van der Waals surface area contributed by atoms with Crippen LogP contribution in [0.1, 0.15) is 0 Å². The number of nitrogens with zero attached hydrogens (tertiary/aromatic N) is 3. The number of thiophene rings is 1. The number of aromatic nitrogens is 3. The summed E-state index contributed by atoms with van der Waals surface area (Å²) in [4.78, 5) is 10.7. The van der Waals surface area contributed by atoms with Crippen LogP contribution in [0.5, 0.6) is 0 Å². The van der Waals surface area contributed by atoms with Crippen LogP contribution in [-0.4, -0.2) is 14.5 Å². The highest BCUT2D eigenvalue weighted by Crippen LogP contribution is 2.39. The molecule has 0 amide bonds. The zero-order chi connectivity index (χ0) is 41.0. The summed E-state index contributed by atoms with van der Waals surface area (Å²) in [7, 11) is 0. The predicted molar refractivity (Wildman–Crippen MR) is 262 cm³/mol. The molecule has 0 spiro atoms. The summed E-state index contributed by atoms with van der Waals surface area (Å²) in [5.74, 6) is 0.633. The van der Waals surface area contributed by atoms with E-state index >= 15 is 0 Å². The molecule has 0 atom stereocenters. The van der Waals surface area contributed by atoms with E-state index in [0.717, 1.165) is 49.9 Å². The fraction of sp³-hybridized carbons (Fsp3) is 0. The molecule has 0 aliphatic carbocycles. The van der Waals surface area contributed by atoms with Gasteiger partial charge in [-0.3, -0.25) is 4.57 Å². The SMILES string of the molecule is c1ccc(-c2ccc(-c3cc(-c4ccc(-c5ccccc5)cc4)nc(-n4c5ccccc5c5cc(-c6cccc(-c7ccc8sc9ccccc9c8c7)c6)ccc54)n3)cc2)cc1. The summed E-state index contributed by atoms with van der Waals surface area (Å²) in [5, 5.41) is 4.94. The first-order chi connectivity index (χ1) is 30.7. The summed E-state index contributed by atoms with van der Waals surface area (Å²) in [6, 6.07) is 80.4. The second kappa shape index (κ2) is 15.0. The highest BCUT2D eigenvalue weighted by molar-refractivity contribution is 7.25. The molecular formula is C58H37N3S. The molecule has 0 saturated heterocycles. The van der Waals surface area contributed by atoms with E-state index in [1.54, 1.807) is 0 Å². The minimum absolute atomic E-state index is 0.633. The van der Waals surface area contributed by atoms with Gasteiger partial charge in [-0.2, -0.15) is 0 Å². The Morgan fingerprint density at radius 1 is 0.274 bits per heavy atom. The molecule has 3 aromatic heterocycles. The van der Waals surface area contributed by atoms with Gasteiger partial charge in [-0.05, 0) is 93.0 Å². The summed E-state index contributed by atoms with van der Waals surface area (Å²) in [6.07, 6.45) is 0. The topological polar surface area (TPSA) is 30.7 Å². The van der Waals surface area contributed by atoms with Crippen molar-refractivity contribution in [1.29, 1.82) is 0 Å². The van der Waals surface area contributed by atoms with Crippen molar-refractivity contribution in [2.75, 3.05) is 0 Å². The van der Waals surface area contributed by atoms with Gasteiger partial charge in [-0.1, -0.05) is 176 Å². The molecule has 290 valence electrons. The van der Waals surface area contributed by atoms with Crippen molar-refractivity contribution in [3.63, 3.8) is 0 Å². The number of fused-ring (bicyclic) bond motifs is 6. The Morgan fingerprint density at radius 3 is 1.35 bits per heavy atom. The van der Waals surface area contributed by atoms with E-state index in [9.17, 15) is 0 Å². The van der Waals surface area contributed by atoms with Crippen molar-refractivity contribution in [2.45, 2.75) is 0 Å². The maximum Gasteiger partial charge on any atom is 0.235 e. The Labute approximate surface area is 363 Å². The van der Waals surface area contributed by atoms with Crippen LogP contribution < -0.4 is 0 Å². The van der Waals surface area contributed by atoms with E-state index in [4.69, 9.17) is 9.97 Å². The van der Waals surface area contributed by atoms with Crippen LogP contribution in [0.15, 0.2) is 224 Å². The molecule has 0 bridgehead atoms. The van der Waals surface area contributed by atoms with Crippen molar-refractivity contribution >= 4 is 53.3 Å². The largest absolute Gasteiger partial charge is 0.278 e. The van der Waals surface area contributed by atoms with Crippen LogP contribution in [0.3, 0.4) is 0 Å². The second-order valence-corrected chi connectivity index (χ2v) is 16.9. The van der Waals surface area contributed by atoms with Crippen LogP contribution in [0.25, 0.3) is 115 Å². The van der Waals surface area contributed by atoms with Crippen LogP contribution in [0.2, 0.25) is 0 Å². The van der Waals surface area contributed by atoms with Gasteiger partial charge in [0.2, 0.25) is 5.95 Å². The Bertz CT molecular complexity index is 3500. The molecule has 0 radical (unpaired) electrons. The first kappa shape index (κ1) is 36.0. The smallest absolute Gasteiger partial charge is 0.235 e. The monoisotopic (exact) mass is 807 g/mol. The summed E-state index contributed by atoms with van der Waals surface area (Å²) in [6.45, 7) is 0. The number of hydrogen-bond acceptors (Lipinski definition) is 3. The lowest BCUT2D eigenvalue weighted by Crippen LogP contribution is -2.04. The van der Waals surface area contributed by atoms with E-state index in [0.29, 0.717) is 5.95 Å². The van der Waals surface area contributed by atoms with Crippen molar-refractivity contribution in [3.05, 3.63) is 224 Å². The third kappa shape index (κ3) is 6.37. The number of rotatable bonds is 7. The zero-order valence-electron chi connectivity index (χ0n) is 33.6. The molecule has 0 aliphatic rings. The van der Waals surface area contributed by atoms with Gasteiger partial charge in [-0.15, -0.1) is 11.3 Å². The van der Waals surface area contributed by atoms with Gasteiger partial charge in [0.25, 0.3) is 0 Å². The highest BCUT2D eigenvalue weighted by Gasteiger charge is 2.18. The normalized spacial score (nSPS) is 11.5. The first-order valence-electron chi connectivity index (χ1n) is 21.0. The molecule has 12 aromatic rings. The van der Waals surface area contributed by atoms with Crippen molar-refractivity contribution in [1.82, 2.24) is 14.5 Å². The fourth-order valence-corrected chi connectivity index (χ4v) is 10.00. The van der Waals surface area contributed by atoms with Crippen molar-refractivity contribution < 1.29 is 0 Å². The third-order valence-corrected chi connectivity index (χ3v) is 13.2. The highest BCUT2D eigenvalue weighted by atomic mass is 32.1. The van der Waals surface area contributed by atoms with Gasteiger partial charge >= 0.3 is 0 Å². The van der Waals surface area contributed by atoms with Gasteiger partial charge in [0, 0.05) is 42.1 Å². The van der Waals surface area contributed by atoms with Gasteiger partial charge in [-0.25, -0.2) is 9.97 Å². The summed E-state index contributed by atoms with van der Waals surface area (Å²) >= 11 is 1.86. The van der Waals surface area contributed by atoms with Gasteiger partial charge in [0.1, 0.15) is 0 Å². The van der Waals surface area contributed by atoms with Gasteiger partial charge in [0.15, 0.2) is 0 Å². The third-order valence-electron chi connectivity index (χ3n) is 12.1. The minimum Gasteiger partial charge on any atom is -0.278 e. The van der Waals surface area contributed by atoms with Crippen LogP contribution in [-0.2, 0) is 0 Å². The van der Waals surface area contributed by atoms with Crippen LogP contribution >= 0.6 is 11.3 Å². The molecule has 0 N–H and O–H groups in total. The van der Waals surface area contributed by atoms with Crippen LogP contribution in [0, 0.1) is 0 Å². The van der Waals surface area contributed by atoms with Gasteiger partial charge in [0.05, 0.1) is 22.4 Å². The quantitative estimate of drug-likeness (QED) is 0.161. The number of hydrogen-bond donors (Lipinski definition) is 0. The van der Waals surface area contributed by atoms with Crippen molar-refractivity contribution in [2.24, 2.45) is 0 Å². The lowest BCUT2D eigenvalue weighted by Gasteiger charge is -2.13. The average Bonchev–Trinajstić information content (AvgIpc) is 3.90. The number of benzene rings is 9. The van der Waals surface area contributed by atoms with Crippen molar-refractivity contribution in [3.8, 4) is 73.0 Å². The molecule has 4 heteroatoms. The van der Waals surface area contributed by atoms with Crippen LogP contribution in [0.4, 0.5) is 0 Å². The maximum absolute atomic E-state index is 5.35. The number of para-hydroxylation sites is 1. The molecule has 0 saturated carbocycles. The summed E-state index contributed by atoms with van der Waals surface area (Å²) in [5.41, 5.74) is 15.4. The first-order valence-corrected chi connectivity index (χ1v) is 21.8. The molecule has 0 aliphatic heterocycles.